The fourth-order valence-electron chi connectivity index (χ4n) is 1.14. The van der Waals surface area contributed by atoms with Crippen molar-refractivity contribution >= 4 is 23.0 Å². The zero-order chi connectivity index (χ0) is 10.8. The molecule has 0 bridgehead atoms. The lowest BCUT2D eigenvalue weighted by atomic mass is 10.3. The van der Waals surface area contributed by atoms with Crippen molar-refractivity contribution in [1.82, 2.24) is 4.98 Å². The van der Waals surface area contributed by atoms with E-state index in [2.05, 4.69) is 4.98 Å². The van der Waals surface area contributed by atoms with Crippen LogP contribution in [0.1, 0.15) is 9.67 Å². The molecule has 5 heteroatoms. The predicted molar refractivity (Wildman–Crippen MR) is 58.9 cm³/mol. The lowest BCUT2D eigenvalue weighted by molar-refractivity contribution is 0.0702. The van der Waals surface area contributed by atoms with Gasteiger partial charge in [0.15, 0.2) is 0 Å². The Morgan fingerprint density at radius 3 is 2.67 bits per heavy atom. The molecule has 4 nitrogen and oxygen atoms in total. The number of hydrogen-bond acceptors (Lipinski definition) is 4. The molecule has 0 saturated carbocycles. The van der Waals surface area contributed by atoms with Crippen molar-refractivity contribution in [2.45, 2.75) is 0 Å². The van der Waals surface area contributed by atoms with E-state index >= 15 is 0 Å². The minimum Gasteiger partial charge on any atom is -0.477 e. The van der Waals surface area contributed by atoms with Gasteiger partial charge >= 0.3 is 5.97 Å². The number of nitrogens with two attached hydrogens (primary N) is 1. The Hall–Kier alpha value is -1.88. The number of hydrogen-bond donors (Lipinski definition) is 2. The highest BCUT2D eigenvalue weighted by atomic mass is 32.1. The fourth-order valence-corrected chi connectivity index (χ4v) is 1.96. The molecule has 2 aromatic rings. The van der Waals surface area contributed by atoms with Crippen LogP contribution in [-0.4, -0.2) is 16.1 Å². The molecule has 2 heterocycles. The number of anilines is 1. The van der Waals surface area contributed by atoms with Crippen LogP contribution >= 0.6 is 11.3 Å². The molecule has 0 aliphatic heterocycles. The quantitative estimate of drug-likeness (QED) is 0.812. The van der Waals surface area contributed by atoms with Crippen LogP contribution in [0.4, 0.5) is 5.69 Å². The SMILES string of the molecule is Nc1ccc(-c2ccc(C(=O)O)s2)nc1. The molecule has 0 fully saturated rings. The van der Waals surface area contributed by atoms with Crippen LogP contribution in [-0.2, 0) is 0 Å². The molecular formula is C10H8N2O2S. The lowest BCUT2D eigenvalue weighted by Gasteiger charge is -1.96. The fraction of sp³-hybridized carbons (Fsp3) is 0. The molecule has 0 spiro atoms. The van der Waals surface area contributed by atoms with Crippen molar-refractivity contribution in [2.24, 2.45) is 0 Å². The first-order valence-electron chi connectivity index (χ1n) is 4.22. The van der Waals surface area contributed by atoms with Crippen LogP contribution in [0.5, 0.6) is 0 Å². The van der Waals surface area contributed by atoms with Crippen LogP contribution < -0.4 is 5.73 Å². The highest BCUT2D eigenvalue weighted by Crippen LogP contribution is 2.26. The van der Waals surface area contributed by atoms with E-state index in [1.807, 2.05) is 0 Å². The van der Waals surface area contributed by atoms with E-state index in [0.717, 1.165) is 10.6 Å². The maximum atomic E-state index is 10.7. The third-order valence-corrected chi connectivity index (χ3v) is 2.95. The lowest BCUT2D eigenvalue weighted by Crippen LogP contribution is -1.89. The maximum Gasteiger partial charge on any atom is 0.345 e. The predicted octanol–water partition coefficient (Wildman–Crippen LogP) is 2.09. The van der Waals surface area contributed by atoms with Crippen molar-refractivity contribution in [3.63, 3.8) is 0 Å². The third-order valence-electron chi connectivity index (χ3n) is 1.86. The normalized spacial score (nSPS) is 10.1. The van der Waals surface area contributed by atoms with E-state index in [1.54, 1.807) is 30.5 Å². The molecular weight excluding hydrogens is 212 g/mol. The minimum absolute atomic E-state index is 0.309. The number of nitrogen functional groups attached to an aromatic ring is 1. The second-order valence-corrected chi connectivity index (χ2v) is 4.03. The van der Waals surface area contributed by atoms with Crippen LogP contribution in [0.15, 0.2) is 30.5 Å². The van der Waals surface area contributed by atoms with Gasteiger partial charge < -0.3 is 10.8 Å². The minimum atomic E-state index is -0.915. The van der Waals surface area contributed by atoms with Gasteiger partial charge in [-0.05, 0) is 24.3 Å². The van der Waals surface area contributed by atoms with Gasteiger partial charge in [-0.3, -0.25) is 4.98 Å². The van der Waals surface area contributed by atoms with Crippen LogP contribution in [0.25, 0.3) is 10.6 Å². The second-order valence-electron chi connectivity index (χ2n) is 2.95. The Kier molecular flexibility index (Phi) is 2.39. The van der Waals surface area contributed by atoms with Gasteiger partial charge in [-0.2, -0.15) is 0 Å². The van der Waals surface area contributed by atoms with Crippen LogP contribution in [0, 0.1) is 0 Å². The zero-order valence-corrected chi connectivity index (χ0v) is 8.49. The first-order chi connectivity index (χ1) is 7.16. The van der Waals surface area contributed by atoms with Crippen molar-refractivity contribution in [3.8, 4) is 10.6 Å². The molecule has 15 heavy (non-hydrogen) atoms. The van der Waals surface area contributed by atoms with E-state index in [-0.39, 0.29) is 0 Å². The van der Waals surface area contributed by atoms with Crippen molar-refractivity contribution in [3.05, 3.63) is 35.3 Å². The van der Waals surface area contributed by atoms with Gasteiger partial charge in [0, 0.05) is 0 Å². The van der Waals surface area contributed by atoms with E-state index in [4.69, 9.17) is 10.8 Å². The number of carboxylic acid groups (broad SMARTS) is 1. The van der Waals surface area contributed by atoms with Gasteiger partial charge in [-0.15, -0.1) is 11.3 Å². The molecule has 76 valence electrons. The Morgan fingerprint density at radius 2 is 2.13 bits per heavy atom. The number of nitrogens with zero attached hydrogens (tertiary/aromatic N) is 1. The summed E-state index contributed by atoms with van der Waals surface area (Å²) in [6.45, 7) is 0. The number of thiophene rings is 1. The van der Waals surface area contributed by atoms with Gasteiger partial charge in [-0.1, -0.05) is 0 Å². The van der Waals surface area contributed by atoms with Gasteiger partial charge in [0.2, 0.25) is 0 Å². The summed E-state index contributed by atoms with van der Waals surface area (Å²) in [6.07, 6.45) is 1.55. The van der Waals surface area contributed by atoms with Gasteiger partial charge in [-0.25, -0.2) is 4.79 Å². The summed E-state index contributed by atoms with van der Waals surface area (Å²) in [7, 11) is 0. The number of aromatic carboxylic acids is 1. The van der Waals surface area contributed by atoms with Gasteiger partial charge in [0.1, 0.15) is 4.88 Å². The maximum absolute atomic E-state index is 10.7. The van der Waals surface area contributed by atoms with E-state index in [0.29, 0.717) is 10.6 Å². The first-order valence-corrected chi connectivity index (χ1v) is 5.03. The molecule has 0 aromatic carbocycles. The summed E-state index contributed by atoms with van der Waals surface area (Å²) in [5.41, 5.74) is 6.83. The molecule has 0 saturated heterocycles. The zero-order valence-electron chi connectivity index (χ0n) is 7.68. The smallest absolute Gasteiger partial charge is 0.345 e. The van der Waals surface area contributed by atoms with Crippen LogP contribution in [0.2, 0.25) is 0 Å². The monoisotopic (exact) mass is 220 g/mol. The first kappa shape index (κ1) is 9.67. The Labute approximate surface area is 90.0 Å². The summed E-state index contributed by atoms with van der Waals surface area (Å²) < 4.78 is 0. The molecule has 2 aromatic heterocycles. The molecule has 0 radical (unpaired) electrons. The topological polar surface area (TPSA) is 76.2 Å². The third kappa shape index (κ3) is 1.97. The van der Waals surface area contributed by atoms with E-state index in [9.17, 15) is 4.79 Å². The Morgan fingerprint density at radius 1 is 1.33 bits per heavy atom. The highest BCUT2D eigenvalue weighted by molar-refractivity contribution is 7.17. The molecule has 0 aliphatic carbocycles. The Bertz CT molecular complexity index is 490. The highest BCUT2D eigenvalue weighted by Gasteiger charge is 2.08. The van der Waals surface area contributed by atoms with Crippen molar-refractivity contribution in [2.75, 3.05) is 5.73 Å². The molecule has 0 aliphatic rings. The average molecular weight is 220 g/mol. The van der Waals surface area contributed by atoms with Gasteiger partial charge in [0.05, 0.1) is 22.5 Å². The Balaban J connectivity index is 2.37. The summed E-state index contributed by atoms with van der Waals surface area (Å²) in [4.78, 5) is 15.9. The second kappa shape index (κ2) is 3.70. The number of pyridine rings is 1. The molecule has 2 rings (SSSR count). The average Bonchev–Trinajstić information content (AvgIpc) is 2.68. The number of aromatic nitrogens is 1. The summed E-state index contributed by atoms with van der Waals surface area (Å²) in [5.74, 6) is -0.915. The van der Waals surface area contributed by atoms with E-state index in [1.165, 1.54) is 11.3 Å². The van der Waals surface area contributed by atoms with Crippen molar-refractivity contribution in [1.29, 1.82) is 0 Å². The summed E-state index contributed by atoms with van der Waals surface area (Å²) in [5, 5.41) is 8.76. The van der Waals surface area contributed by atoms with Crippen molar-refractivity contribution < 1.29 is 9.90 Å². The number of carboxylic acids is 1. The number of carbonyl (C=O) groups is 1. The molecule has 0 amide bonds. The molecule has 0 atom stereocenters. The molecule has 3 N–H and O–H groups in total. The number of rotatable bonds is 2. The summed E-state index contributed by atoms with van der Waals surface area (Å²) in [6, 6.07) is 6.82. The van der Waals surface area contributed by atoms with Gasteiger partial charge in [0.25, 0.3) is 0 Å². The van der Waals surface area contributed by atoms with Crippen LogP contribution in [0.3, 0.4) is 0 Å². The molecule has 0 unspecified atom stereocenters. The largest absolute Gasteiger partial charge is 0.477 e. The standard InChI is InChI=1S/C10H8N2O2S/c11-6-1-2-7(12-5-6)8-3-4-9(15-8)10(13)14/h1-5H,11H2,(H,13,14). The van der Waals surface area contributed by atoms with E-state index < -0.39 is 5.97 Å². The summed E-state index contributed by atoms with van der Waals surface area (Å²) >= 11 is 1.20.